The van der Waals surface area contributed by atoms with Crippen LogP contribution in [-0.2, 0) is 16.0 Å². The number of carbonyl (C=O) groups is 1. The van der Waals surface area contributed by atoms with Crippen molar-refractivity contribution >= 4 is 5.97 Å². The highest BCUT2D eigenvalue weighted by Gasteiger charge is 2.09. The number of esters is 1. The molecule has 0 aliphatic rings. The number of rotatable bonds is 9. The van der Waals surface area contributed by atoms with Crippen LogP contribution in [0.5, 0.6) is 0 Å². The Bertz CT molecular complexity index is 373. The van der Waals surface area contributed by atoms with Gasteiger partial charge in [0.25, 0.3) is 0 Å². The van der Waals surface area contributed by atoms with Crippen molar-refractivity contribution in [1.29, 1.82) is 0 Å². The molecule has 0 unspecified atom stereocenters. The first kappa shape index (κ1) is 15.7. The molecular formula is C14H23NO4. The largest absolute Gasteiger partial charge is 0.467 e. The van der Waals surface area contributed by atoms with E-state index in [0.29, 0.717) is 18.0 Å². The first-order valence-corrected chi connectivity index (χ1v) is 6.57. The van der Waals surface area contributed by atoms with Crippen LogP contribution in [0.4, 0.5) is 0 Å². The van der Waals surface area contributed by atoms with E-state index in [4.69, 9.17) is 9.15 Å². The molecule has 108 valence electrons. The van der Waals surface area contributed by atoms with Gasteiger partial charge in [-0.05, 0) is 24.9 Å². The molecular weight excluding hydrogens is 246 g/mol. The third-order valence-electron chi connectivity index (χ3n) is 2.47. The lowest BCUT2D eigenvalue weighted by Gasteiger charge is -2.06. The Morgan fingerprint density at radius 2 is 2.26 bits per heavy atom. The molecule has 0 radical (unpaired) electrons. The molecule has 19 heavy (non-hydrogen) atoms. The molecule has 0 atom stereocenters. The van der Waals surface area contributed by atoms with Crippen molar-refractivity contribution < 1.29 is 18.7 Å². The molecule has 0 saturated heterocycles. The maximum absolute atomic E-state index is 11.2. The first-order valence-electron chi connectivity index (χ1n) is 6.57. The topological polar surface area (TPSA) is 60.7 Å². The van der Waals surface area contributed by atoms with Crippen molar-refractivity contribution in [3.05, 3.63) is 23.7 Å². The zero-order valence-corrected chi connectivity index (χ0v) is 11.9. The van der Waals surface area contributed by atoms with Gasteiger partial charge in [0.05, 0.1) is 19.2 Å². The van der Waals surface area contributed by atoms with Crippen LogP contribution in [0.2, 0.25) is 0 Å². The summed E-state index contributed by atoms with van der Waals surface area (Å²) in [6, 6.07) is 1.69. The monoisotopic (exact) mass is 269 g/mol. The summed E-state index contributed by atoms with van der Waals surface area (Å²) in [6.07, 6.45) is 2.37. The molecule has 0 saturated carbocycles. The van der Waals surface area contributed by atoms with Gasteiger partial charge >= 0.3 is 5.97 Å². The Labute approximate surface area is 114 Å². The summed E-state index contributed by atoms with van der Waals surface area (Å²) in [5, 5.41) is 3.23. The second-order valence-electron chi connectivity index (χ2n) is 4.79. The molecule has 1 N–H and O–H groups in total. The van der Waals surface area contributed by atoms with Crippen LogP contribution in [0.15, 0.2) is 16.7 Å². The predicted octanol–water partition coefficient (Wildman–Crippen LogP) is 2.22. The van der Waals surface area contributed by atoms with Gasteiger partial charge in [-0.1, -0.05) is 13.8 Å². The van der Waals surface area contributed by atoms with Gasteiger partial charge in [-0.3, -0.25) is 0 Å². The molecule has 0 fully saturated rings. The number of hydrogen-bond acceptors (Lipinski definition) is 5. The normalized spacial score (nSPS) is 10.9. The number of furan rings is 1. The van der Waals surface area contributed by atoms with E-state index >= 15 is 0 Å². The zero-order valence-electron chi connectivity index (χ0n) is 11.9. The second kappa shape index (κ2) is 8.72. The Morgan fingerprint density at radius 3 is 2.95 bits per heavy atom. The lowest BCUT2D eigenvalue weighted by Crippen LogP contribution is -2.16. The molecule has 1 aromatic rings. The summed E-state index contributed by atoms with van der Waals surface area (Å²) >= 11 is 0. The molecule has 1 rings (SSSR count). The van der Waals surface area contributed by atoms with Gasteiger partial charge in [0, 0.05) is 13.2 Å². The minimum absolute atomic E-state index is 0.378. The summed E-state index contributed by atoms with van der Waals surface area (Å²) in [6.45, 7) is 7.28. The molecule has 0 spiro atoms. The van der Waals surface area contributed by atoms with Crippen LogP contribution >= 0.6 is 0 Å². The second-order valence-corrected chi connectivity index (χ2v) is 4.79. The van der Waals surface area contributed by atoms with E-state index in [0.717, 1.165) is 31.9 Å². The van der Waals surface area contributed by atoms with Gasteiger partial charge in [0.2, 0.25) is 0 Å². The highest BCUT2D eigenvalue weighted by Crippen LogP contribution is 2.08. The molecule has 0 aliphatic carbocycles. The summed E-state index contributed by atoms with van der Waals surface area (Å²) in [7, 11) is 1.35. The van der Waals surface area contributed by atoms with Crippen LogP contribution in [0.1, 0.15) is 36.4 Å². The van der Waals surface area contributed by atoms with E-state index in [2.05, 4.69) is 23.9 Å². The lowest BCUT2D eigenvalue weighted by atomic mass is 10.2. The zero-order chi connectivity index (χ0) is 14.1. The Hall–Kier alpha value is -1.33. The molecule has 0 amide bonds. The Morgan fingerprint density at radius 1 is 1.47 bits per heavy atom. The van der Waals surface area contributed by atoms with Gasteiger partial charge in [-0.2, -0.15) is 0 Å². The third kappa shape index (κ3) is 6.40. The Kier molecular flexibility index (Phi) is 7.22. The van der Waals surface area contributed by atoms with Crippen LogP contribution < -0.4 is 5.32 Å². The quantitative estimate of drug-likeness (QED) is 0.550. The van der Waals surface area contributed by atoms with E-state index in [-0.39, 0.29) is 5.97 Å². The molecule has 0 bridgehead atoms. The van der Waals surface area contributed by atoms with E-state index in [1.807, 2.05) is 0 Å². The predicted molar refractivity (Wildman–Crippen MR) is 72.0 cm³/mol. The van der Waals surface area contributed by atoms with Crippen molar-refractivity contribution in [3.63, 3.8) is 0 Å². The van der Waals surface area contributed by atoms with Crippen molar-refractivity contribution in [2.24, 2.45) is 5.92 Å². The van der Waals surface area contributed by atoms with Crippen LogP contribution in [0.3, 0.4) is 0 Å². The fraction of sp³-hybridized carbons (Fsp3) is 0.643. The van der Waals surface area contributed by atoms with Crippen LogP contribution in [0, 0.1) is 5.92 Å². The third-order valence-corrected chi connectivity index (χ3v) is 2.47. The SMILES string of the molecule is COC(=O)c1coc(CNCCCOCC(C)C)c1. The van der Waals surface area contributed by atoms with Gasteiger partial charge in [0.15, 0.2) is 0 Å². The standard InChI is InChI=1S/C14H23NO4/c1-11(2)9-18-6-4-5-15-8-13-7-12(10-19-13)14(16)17-3/h7,10-11,15H,4-6,8-9H2,1-3H3. The van der Waals surface area contributed by atoms with Crippen molar-refractivity contribution in [1.82, 2.24) is 5.32 Å². The maximum atomic E-state index is 11.2. The van der Waals surface area contributed by atoms with Gasteiger partial charge in [0.1, 0.15) is 12.0 Å². The Balaban J connectivity index is 2.09. The minimum Gasteiger partial charge on any atom is -0.467 e. The van der Waals surface area contributed by atoms with E-state index in [9.17, 15) is 4.79 Å². The molecule has 0 aliphatic heterocycles. The number of hydrogen-bond donors (Lipinski definition) is 1. The van der Waals surface area contributed by atoms with E-state index in [1.165, 1.54) is 13.4 Å². The highest BCUT2D eigenvalue weighted by atomic mass is 16.5. The van der Waals surface area contributed by atoms with Crippen molar-refractivity contribution in [3.8, 4) is 0 Å². The molecule has 5 nitrogen and oxygen atoms in total. The lowest BCUT2D eigenvalue weighted by molar-refractivity contribution is 0.0600. The number of nitrogens with one attached hydrogen (secondary N) is 1. The first-order chi connectivity index (χ1) is 9.13. The van der Waals surface area contributed by atoms with Gasteiger partial charge in [-0.15, -0.1) is 0 Å². The number of methoxy groups -OCH3 is 1. The molecule has 5 heteroatoms. The van der Waals surface area contributed by atoms with Crippen LogP contribution in [-0.4, -0.2) is 32.8 Å². The minimum atomic E-state index is -0.378. The fourth-order valence-corrected chi connectivity index (χ4v) is 1.53. The average molecular weight is 269 g/mol. The highest BCUT2D eigenvalue weighted by molar-refractivity contribution is 5.88. The van der Waals surface area contributed by atoms with Crippen molar-refractivity contribution in [2.75, 3.05) is 26.9 Å². The summed E-state index contributed by atoms with van der Waals surface area (Å²) in [4.78, 5) is 11.2. The number of ether oxygens (including phenoxy) is 2. The molecule has 0 aromatic carbocycles. The molecule has 1 aromatic heterocycles. The summed E-state index contributed by atoms with van der Waals surface area (Å²) in [5.74, 6) is 0.924. The average Bonchev–Trinajstić information content (AvgIpc) is 2.85. The molecule has 1 heterocycles. The van der Waals surface area contributed by atoms with E-state index in [1.54, 1.807) is 6.07 Å². The smallest absolute Gasteiger partial charge is 0.341 e. The van der Waals surface area contributed by atoms with Gasteiger partial charge in [-0.25, -0.2) is 4.79 Å². The summed E-state index contributed by atoms with van der Waals surface area (Å²) < 4.78 is 15.3. The maximum Gasteiger partial charge on any atom is 0.341 e. The van der Waals surface area contributed by atoms with Crippen LogP contribution in [0.25, 0.3) is 0 Å². The number of carbonyl (C=O) groups excluding carboxylic acids is 1. The van der Waals surface area contributed by atoms with Crippen molar-refractivity contribution in [2.45, 2.75) is 26.8 Å². The van der Waals surface area contributed by atoms with E-state index < -0.39 is 0 Å². The van der Waals surface area contributed by atoms with Gasteiger partial charge < -0.3 is 19.2 Å². The fourth-order valence-electron chi connectivity index (χ4n) is 1.53. The summed E-state index contributed by atoms with van der Waals surface area (Å²) in [5.41, 5.74) is 0.444.